The number of rotatable bonds is 3. The molecule has 0 saturated heterocycles. The zero-order chi connectivity index (χ0) is 13.6. The highest BCUT2D eigenvalue weighted by Gasteiger charge is 2.61. The second-order valence-corrected chi connectivity index (χ2v) is 6.75. The lowest BCUT2D eigenvalue weighted by Crippen LogP contribution is -2.61. The molecule has 0 aliphatic heterocycles. The zero-order valence-electron chi connectivity index (χ0n) is 11.5. The smallest absolute Gasteiger partial charge is 0.333 e. The van der Waals surface area contributed by atoms with Gasteiger partial charge in [-0.05, 0) is 50.9 Å². The second kappa shape index (κ2) is 4.37. The third-order valence-corrected chi connectivity index (χ3v) is 5.48. The van der Waals surface area contributed by atoms with Crippen LogP contribution in [0.15, 0.2) is 12.2 Å². The standard InChI is InChI=1S/C16H21NO2/c1-10(2)15(18)19-16(9-17-3)13-5-11-4-12(7-13)8-14(16)6-11/h11-14H,1,4-9H2,2H3. The summed E-state index contributed by atoms with van der Waals surface area (Å²) in [7, 11) is 0. The van der Waals surface area contributed by atoms with E-state index in [9.17, 15) is 4.79 Å². The molecule has 4 aliphatic rings. The van der Waals surface area contributed by atoms with Crippen LogP contribution in [0.4, 0.5) is 0 Å². The van der Waals surface area contributed by atoms with Gasteiger partial charge in [-0.25, -0.2) is 11.4 Å². The van der Waals surface area contributed by atoms with Crippen molar-refractivity contribution in [3.05, 3.63) is 23.6 Å². The van der Waals surface area contributed by atoms with Gasteiger partial charge in [0, 0.05) is 17.4 Å². The van der Waals surface area contributed by atoms with Crippen LogP contribution in [0.2, 0.25) is 0 Å². The van der Waals surface area contributed by atoms with Gasteiger partial charge in [-0.2, -0.15) is 0 Å². The van der Waals surface area contributed by atoms with Crippen molar-refractivity contribution in [3.63, 3.8) is 0 Å². The normalized spacial score (nSPS) is 42.7. The highest BCUT2D eigenvalue weighted by molar-refractivity contribution is 5.87. The van der Waals surface area contributed by atoms with Crippen molar-refractivity contribution >= 4 is 5.97 Å². The topological polar surface area (TPSA) is 30.7 Å². The Morgan fingerprint density at radius 1 is 1.26 bits per heavy atom. The Kier molecular flexibility index (Phi) is 2.92. The molecule has 4 fully saturated rings. The lowest BCUT2D eigenvalue weighted by Gasteiger charge is -2.58. The summed E-state index contributed by atoms with van der Waals surface area (Å²) in [5.41, 5.74) is -0.0660. The van der Waals surface area contributed by atoms with Crippen LogP contribution >= 0.6 is 0 Å². The molecule has 0 aromatic rings. The van der Waals surface area contributed by atoms with Crippen LogP contribution in [-0.2, 0) is 9.53 Å². The number of hydrogen-bond donors (Lipinski definition) is 0. The van der Waals surface area contributed by atoms with E-state index >= 15 is 0 Å². The fraction of sp³-hybridized carbons (Fsp3) is 0.750. The number of ether oxygens (including phenoxy) is 1. The van der Waals surface area contributed by atoms with E-state index in [0.717, 1.165) is 37.5 Å². The molecule has 0 amide bonds. The van der Waals surface area contributed by atoms with Gasteiger partial charge in [0.15, 0.2) is 5.60 Å². The predicted molar refractivity (Wildman–Crippen MR) is 72.2 cm³/mol. The molecule has 0 unspecified atom stereocenters. The Labute approximate surface area is 114 Å². The number of carbonyl (C=O) groups is 1. The molecule has 3 heteroatoms. The van der Waals surface area contributed by atoms with Crippen LogP contribution in [0.5, 0.6) is 0 Å². The van der Waals surface area contributed by atoms with Crippen LogP contribution < -0.4 is 0 Å². The monoisotopic (exact) mass is 259 g/mol. The molecule has 0 atom stereocenters. The van der Waals surface area contributed by atoms with E-state index in [1.165, 1.54) is 6.42 Å². The quantitative estimate of drug-likeness (QED) is 0.442. The van der Waals surface area contributed by atoms with Crippen LogP contribution in [0.3, 0.4) is 0 Å². The second-order valence-electron chi connectivity index (χ2n) is 6.75. The fourth-order valence-electron chi connectivity index (χ4n) is 4.82. The van der Waals surface area contributed by atoms with Gasteiger partial charge in [0.05, 0.1) is 0 Å². The van der Waals surface area contributed by atoms with Crippen molar-refractivity contribution in [1.29, 1.82) is 0 Å². The molecule has 3 nitrogen and oxygen atoms in total. The Balaban J connectivity index is 1.90. The SMILES string of the molecule is [C-]#[N+]CC1(OC(=O)C(=C)C)C2CC3CC(C2)CC1C3. The lowest BCUT2D eigenvalue weighted by atomic mass is 9.49. The van der Waals surface area contributed by atoms with Crippen LogP contribution in [-0.4, -0.2) is 18.1 Å². The van der Waals surface area contributed by atoms with E-state index in [2.05, 4.69) is 11.4 Å². The minimum atomic E-state index is -0.509. The molecule has 0 radical (unpaired) electrons. The van der Waals surface area contributed by atoms with Crippen molar-refractivity contribution < 1.29 is 9.53 Å². The lowest BCUT2D eigenvalue weighted by molar-refractivity contribution is -0.200. The van der Waals surface area contributed by atoms with Gasteiger partial charge < -0.3 is 9.58 Å². The first-order valence-electron chi connectivity index (χ1n) is 7.27. The molecule has 0 aromatic heterocycles. The van der Waals surface area contributed by atoms with Crippen molar-refractivity contribution in [1.82, 2.24) is 0 Å². The van der Waals surface area contributed by atoms with E-state index in [0.29, 0.717) is 24.0 Å². The van der Waals surface area contributed by atoms with Crippen molar-refractivity contribution in [3.8, 4) is 0 Å². The summed E-state index contributed by atoms with van der Waals surface area (Å²) in [6, 6.07) is 0. The molecule has 19 heavy (non-hydrogen) atoms. The summed E-state index contributed by atoms with van der Waals surface area (Å²) >= 11 is 0. The summed E-state index contributed by atoms with van der Waals surface area (Å²) in [6.45, 7) is 13.0. The molecule has 0 heterocycles. The van der Waals surface area contributed by atoms with E-state index in [-0.39, 0.29) is 5.97 Å². The first-order chi connectivity index (χ1) is 9.05. The third kappa shape index (κ3) is 1.89. The number of nitrogens with zero attached hydrogens (tertiary/aromatic N) is 1. The van der Waals surface area contributed by atoms with Gasteiger partial charge in [-0.3, -0.25) is 0 Å². The molecule has 0 N–H and O–H groups in total. The summed E-state index contributed by atoms with van der Waals surface area (Å²) in [5, 5.41) is 0. The van der Waals surface area contributed by atoms with E-state index < -0.39 is 5.60 Å². The fourth-order valence-corrected chi connectivity index (χ4v) is 4.82. The average Bonchev–Trinajstić information content (AvgIpc) is 2.34. The molecule has 4 aliphatic carbocycles. The Bertz CT molecular complexity index is 432. The molecule has 4 bridgehead atoms. The van der Waals surface area contributed by atoms with Crippen molar-refractivity contribution in [2.75, 3.05) is 6.54 Å². The van der Waals surface area contributed by atoms with Crippen LogP contribution in [0, 0.1) is 30.2 Å². The number of esters is 1. The Morgan fingerprint density at radius 2 is 1.79 bits per heavy atom. The minimum Gasteiger partial charge on any atom is -0.447 e. The summed E-state index contributed by atoms with van der Waals surface area (Å²) < 4.78 is 5.86. The maximum atomic E-state index is 12.0. The average molecular weight is 259 g/mol. The van der Waals surface area contributed by atoms with Gasteiger partial charge in [0.25, 0.3) is 6.54 Å². The van der Waals surface area contributed by atoms with Crippen molar-refractivity contribution in [2.45, 2.75) is 44.6 Å². The molecule has 4 rings (SSSR count). The van der Waals surface area contributed by atoms with E-state index in [1.54, 1.807) is 6.92 Å². The van der Waals surface area contributed by atoms with Crippen molar-refractivity contribution in [2.24, 2.45) is 23.7 Å². The molecule has 102 valence electrons. The summed E-state index contributed by atoms with van der Waals surface area (Å²) in [4.78, 5) is 15.6. The Morgan fingerprint density at radius 3 is 2.21 bits per heavy atom. The molecular weight excluding hydrogens is 238 g/mol. The minimum absolute atomic E-state index is 0.309. The molecule has 0 spiro atoms. The molecule has 0 aromatic carbocycles. The van der Waals surface area contributed by atoms with E-state index in [1.807, 2.05) is 0 Å². The highest BCUT2D eigenvalue weighted by Crippen LogP contribution is 2.59. The number of carbonyl (C=O) groups excluding carboxylic acids is 1. The largest absolute Gasteiger partial charge is 0.447 e. The summed E-state index contributed by atoms with van der Waals surface area (Å²) in [6.07, 6.45) is 5.94. The van der Waals surface area contributed by atoms with Gasteiger partial charge in [-0.15, -0.1) is 0 Å². The molecular formula is C16H21NO2. The number of hydrogen-bond acceptors (Lipinski definition) is 2. The Hall–Kier alpha value is -1.30. The predicted octanol–water partition coefficient (Wildman–Crippen LogP) is 3.22. The highest BCUT2D eigenvalue weighted by atomic mass is 16.6. The third-order valence-electron chi connectivity index (χ3n) is 5.48. The van der Waals surface area contributed by atoms with Gasteiger partial charge in [0.1, 0.15) is 0 Å². The maximum Gasteiger partial charge on any atom is 0.333 e. The van der Waals surface area contributed by atoms with Gasteiger partial charge in [-0.1, -0.05) is 6.58 Å². The summed E-state index contributed by atoms with van der Waals surface area (Å²) in [5.74, 6) is 2.12. The van der Waals surface area contributed by atoms with Crippen LogP contribution in [0.25, 0.3) is 4.85 Å². The van der Waals surface area contributed by atoms with Gasteiger partial charge in [0.2, 0.25) is 0 Å². The van der Waals surface area contributed by atoms with E-state index in [4.69, 9.17) is 11.3 Å². The molecule has 4 saturated carbocycles. The first-order valence-corrected chi connectivity index (χ1v) is 7.27. The first kappa shape index (κ1) is 12.7. The van der Waals surface area contributed by atoms with Gasteiger partial charge >= 0.3 is 5.97 Å². The van der Waals surface area contributed by atoms with Crippen LogP contribution in [0.1, 0.15) is 39.0 Å². The maximum absolute atomic E-state index is 12.0. The zero-order valence-corrected chi connectivity index (χ0v) is 11.5.